The molecule has 1 amide bonds. The zero-order valence-electron chi connectivity index (χ0n) is 16.4. The van der Waals surface area contributed by atoms with Crippen molar-refractivity contribution in [2.24, 2.45) is 5.41 Å². The van der Waals surface area contributed by atoms with Gasteiger partial charge in [-0.15, -0.1) is 0 Å². The number of nitrogens with zero attached hydrogens (tertiary/aromatic N) is 4. The molecule has 10 heteroatoms. The summed E-state index contributed by atoms with van der Waals surface area (Å²) < 4.78 is 39.4. The molecule has 1 heterocycles. The molecule has 2 aromatic rings. The number of benzene rings is 1. The molecule has 4 rings (SSSR count). The number of nitriles is 2. The molecule has 2 unspecified atom stereocenters. The fourth-order valence-corrected chi connectivity index (χ4v) is 5.11. The van der Waals surface area contributed by atoms with E-state index < -0.39 is 28.5 Å². The number of hydrogen-bond donors (Lipinski definition) is 1. The number of hydrogen-bond acceptors (Lipinski definition) is 5. The fraction of sp³-hybridized carbons (Fsp3) is 0.381. The maximum Gasteiger partial charge on any atom is 0.416 e. The summed E-state index contributed by atoms with van der Waals surface area (Å²) in [7, 11) is 0. The van der Waals surface area contributed by atoms with E-state index in [0.29, 0.717) is 24.2 Å². The summed E-state index contributed by atoms with van der Waals surface area (Å²) in [4.78, 5) is 22.2. The van der Waals surface area contributed by atoms with Crippen molar-refractivity contribution in [3.05, 3.63) is 51.6 Å². The van der Waals surface area contributed by atoms with Gasteiger partial charge in [-0.1, -0.05) is 25.4 Å². The van der Waals surface area contributed by atoms with Gasteiger partial charge in [0, 0.05) is 5.92 Å². The van der Waals surface area contributed by atoms with E-state index in [4.69, 9.17) is 11.6 Å². The first kappa shape index (κ1) is 21.1. The standard InChI is InChI=1S/C21H15ClF3N5O/c1-19(2)11-5-6-20(19,17-16(11)28-14(8-26)15(9-27)29-17)18(31)30-13-7-10(21(23,24)25)3-4-12(13)22/h3-4,7,11H,5-6H2,1-2H3,(H,30,31). The summed E-state index contributed by atoms with van der Waals surface area (Å²) in [6.45, 7) is 3.72. The predicted molar refractivity (Wildman–Crippen MR) is 104 cm³/mol. The molecule has 0 spiro atoms. The highest BCUT2D eigenvalue weighted by Crippen LogP contribution is 2.67. The Labute approximate surface area is 180 Å². The van der Waals surface area contributed by atoms with Gasteiger partial charge in [0.15, 0.2) is 11.4 Å². The van der Waals surface area contributed by atoms with Crippen molar-refractivity contribution in [1.82, 2.24) is 9.97 Å². The highest BCUT2D eigenvalue weighted by Gasteiger charge is 2.68. The first-order valence-corrected chi connectivity index (χ1v) is 9.76. The van der Waals surface area contributed by atoms with E-state index in [0.717, 1.165) is 18.2 Å². The summed E-state index contributed by atoms with van der Waals surface area (Å²) in [6, 6.07) is 6.39. The summed E-state index contributed by atoms with van der Waals surface area (Å²) >= 11 is 6.07. The quantitative estimate of drug-likeness (QED) is 0.722. The molecule has 1 saturated carbocycles. The molecule has 1 aromatic heterocycles. The molecule has 1 aromatic carbocycles. The predicted octanol–water partition coefficient (Wildman–Crippen LogP) is 4.69. The first-order chi connectivity index (χ1) is 14.5. The lowest BCUT2D eigenvalue weighted by atomic mass is 9.67. The van der Waals surface area contributed by atoms with Crippen LogP contribution in [-0.4, -0.2) is 15.9 Å². The first-order valence-electron chi connectivity index (χ1n) is 9.38. The molecule has 2 atom stereocenters. The van der Waals surface area contributed by atoms with Crippen LogP contribution in [0.5, 0.6) is 0 Å². The average Bonchev–Trinajstić information content (AvgIpc) is 3.09. The minimum atomic E-state index is -4.60. The Morgan fingerprint density at radius 3 is 2.48 bits per heavy atom. The van der Waals surface area contributed by atoms with E-state index in [1.807, 2.05) is 26.0 Å². The van der Waals surface area contributed by atoms with Crippen LogP contribution in [0.4, 0.5) is 18.9 Å². The molecular weight excluding hydrogens is 431 g/mol. The zero-order chi connectivity index (χ0) is 22.8. The van der Waals surface area contributed by atoms with Crippen LogP contribution in [0.15, 0.2) is 18.2 Å². The number of carbonyl (C=O) groups is 1. The Bertz CT molecular complexity index is 1210. The second-order valence-electron chi connectivity index (χ2n) is 8.24. The van der Waals surface area contributed by atoms with Crippen LogP contribution in [-0.2, 0) is 16.4 Å². The van der Waals surface area contributed by atoms with E-state index in [9.17, 15) is 28.5 Å². The number of aromatic nitrogens is 2. The summed E-state index contributed by atoms with van der Waals surface area (Å²) in [5.74, 6) is -0.750. The van der Waals surface area contributed by atoms with Crippen molar-refractivity contribution in [3.8, 4) is 12.1 Å². The lowest BCUT2D eigenvalue weighted by Crippen LogP contribution is -2.47. The van der Waals surface area contributed by atoms with Crippen LogP contribution in [0.3, 0.4) is 0 Å². The Hall–Kier alpha value is -3.17. The topological polar surface area (TPSA) is 102 Å². The second-order valence-corrected chi connectivity index (χ2v) is 8.65. The largest absolute Gasteiger partial charge is 0.416 e. The normalized spacial score (nSPS) is 23.0. The Morgan fingerprint density at radius 2 is 1.87 bits per heavy atom. The number of fused-ring (bicyclic) bond motifs is 5. The van der Waals surface area contributed by atoms with E-state index in [-0.39, 0.29) is 28.0 Å². The lowest BCUT2D eigenvalue weighted by molar-refractivity contribution is -0.137. The van der Waals surface area contributed by atoms with Crippen molar-refractivity contribution in [2.75, 3.05) is 5.32 Å². The van der Waals surface area contributed by atoms with Crippen LogP contribution in [0.2, 0.25) is 5.02 Å². The average molecular weight is 446 g/mol. The van der Waals surface area contributed by atoms with Crippen molar-refractivity contribution in [2.45, 2.75) is 44.2 Å². The number of amides is 1. The molecule has 0 saturated heterocycles. The number of nitrogens with one attached hydrogen (secondary N) is 1. The van der Waals surface area contributed by atoms with Gasteiger partial charge in [0.2, 0.25) is 5.91 Å². The van der Waals surface area contributed by atoms with E-state index in [2.05, 4.69) is 15.3 Å². The van der Waals surface area contributed by atoms with Gasteiger partial charge in [-0.05, 0) is 36.5 Å². The minimum absolute atomic E-state index is 0.0352. The molecule has 2 aliphatic carbocycles. The van der Waals surface area contributed by atoms with Crippen LogP contribution < -0.4 is 5.32 Å². The molecule has 0 aliphatic heterocycles. The minimum Gasteiger partial charge on any atom is -0.324 e. The van der Waals surface area contributed by atoms with Gasteiger partial charge in [0.05, 0.1) is 33.1 Å². The molecular formula is C21H15ClF3N5O. The van der Waals surface area contributed by atoms with Crippen LogP contribution in [0, 0.1) is 28.1 Å². The lowest BCUT2D eigenvalue weighted by Gasteiger charge is -2.36. The van der Waals surface area contributed by atoms with E-state index in [1.165, 1.54) is 0 Å². The molecule has 0 radical (unpaired) electrons. The third-order valence-corrected chi connectivity index (χ3v) is 6.91. The summed E-state index contributed by atoms with van der Waals surface area (Å²) in [5.41, 5.74) is -2.53. The van der Waals surface area contributed by atoms with Gasteiger partial charge in [-0.25, -0.2) is 9.97 Å². The summed E-state index contributed by atoms with van der Waals surface area (Å²) in [6.07, 6.45) is -3.62. The third-order valence-electron chi connectivity index (χ3n) is 6.58. The van der Waals surface area contributed by atoms with Gasteiger partial charge >= 0.3 is 6.18 Å². The number of alkyl halides is 3. The fourth-order valence-electron chi connectivity index (χ4n) is 4.94. The number of halogens is 4. The SMILES string of the molecule is CC1(C)C2CCC1(C(=O)Nc1cc(C(F)(F)F)ccc1Cl)c1nc(C#N)c(C#N)nc12. The molecule has 1 N–H and O–H groups in total. The number of rotatable bonds is 2. The Morgan fingerprint density at radius 1 is 1.23 bits per heavy atom. The van der Waals surface area contributed by atoms with Crippen molar-refractivity contribution >= 4 is 23.2 Å². The van der Waals surface area contributed by atoms with Gasteiger partial charge in [0.1, 0.15) is 12.1 Å². The van der Waals surface area contributed by atoms with Crippen LogP contribution in [0.25, 0.3) is 0 Å². The summed E-state index contributed by atoms with van der Waals surface area (Å²) in [5, 5.41) is 21.2. The van der Waals surface area contributed by atoms with Crippen molar-refractivity contribution < 1.29 is 18.0 Å². The third kappa shape index (κ3) is 2.80. The Balaban J connectivity index is 1.83. The van der Waals surface area contributed by atoms with Crippen LogP contribution >= 0.6 is 11.6 Å². The Kier molecular flexibility index (Phi) is 4.53. The van der Waals surface area contributed by atoms with Crippen molar-refractivity contribution in [1.29, 1.82) is 10.5 Å². The maximum atomic E-state index is 13.6. The molecule has 31 heavy (non-hydrogen) atoms. The zero-order valence-corrected chi connectivity index (χ0v) is 17.2. The number of anilines is 1. The maximum absolute atomic E-state index is 13.6. The molecule has 6 nitrogen and oxygen atoms in total. The second kappa shape index (κ2) is 6.66. The van der Waals surface area contributed by atoms with Gasteiger partial charge in [-0.2, -0.15) is 23.7 Å². The van der Waals surface area contributed by atoms with Crippen LogP contribution in [0.1, 0.15) is 60.9 Å². The van der Waals surface area contributed by atoms with E-state index >= 15 is 0 Å². The molecule has 158 valence electrons. The van der Waals surface area contributed by atoms with Gasteiger partial charge in [-0.3, -0.25) is 4.79 Å². The smallest absolute Gasteiger partial charge is 0.324 e. The highest BCUT2D eigenvalue weighted by molar-refractivity contribution is 6.33. The van der Waals surface area contributed by atoms with Gasteiger partial charge < -0.3 is 5.32 Å². The highest BCUT2D eigenvalue weighted by atomic mass is 35.5. The van der Waals surface area contributed by atoms with Gasteiger partial charge in [0.25, 0.3) is 0 Å². The van der Waals surface area contributed by atoms with E-state index in [1.54, 1.807) is 0 Å². The molecule has 1 fully saturated rings. The number of carbonyl (C=O) groups excluding carboxylic acids is 1. The van der Waals surface area contributed by atoms with Crippen molar-refractivity contribution in [3.63, 3.8) is 0 Å². The molecule has 2 bridgehead atoms. The molecule has 2 aliphatic rings. The monoisotopic (exact) mass is 445 g/mol.